The highest BCUT2D eigenvalue weighted by Gasteiger charge is 2.19. The number of carbonyl (C=O) groups excluding carboxylic acids is 1. The maximum atomic E-state index is 13.5. The first-order valence-corrected chi connectivity index (χ1v) is 10.7. The predicted molar refractivity (Wildman–Crippen MR) is 125 cm³/mol. The average Bonchev–Trinajstić information content (AvgIpc) is 3.44. The fraction of sp³-hybridized carbons (Fsp3) is 0. The van der Waals surface area contributed by atoms with Crippen LogP contribution in [0.15, 0.2) is 79.1 Å². The summed E-state index contributed by atoms with van der Waals surface area (Å²) in [5.74, 6) is -3.17. The number of imidazole rings is 1. The second-order valence-electron chi connectivity index (χ2n) is 7.86. The van der Waals surface area contributed by atoms with Crippen LogP contribution >= 0.6 is 0 Å². The molecule has 6 rings (SSSR count). The molecule has 5 aromatic heterocycles. The summed E-state index contributed by atoms with van der Waals surface area (Å²) in [6.45, 7) is 0. The van der Waals surface area contributed by atoms with Crippen LogP contribution in [0.2, 0.25) is 0 Å². The van der Waals surface area contributed by atoms with Gasteiger partial charge in [-0.1, -0.05) is 6.07 Å². The lowest BCUT2D eigenvalue weighted by molar-refractivity contribution is 0.102. The van der Waals surface area contributed by atoms with E-state index in [1.54, 1.807) is 35.0 Å². The molecule has 0 saturated heterocycles. The molecule has 0 fully saturated rings. The van der Waals surface area contributed by atoms with E-state index in [0.29, 0.717) is 22.6 Å². The molecule has 1 N–H and O–H groups in total. The topological polar surface area (TPSA) is 89.5 Å². The van der Waals surface area contributed by atoms with Crippen LogP contribution in [0.1, 0.15) is 10.4 Å². The summed E-state index contributed by atoms with van der Waals surface area (Å²) in [6.07, 6.45) is 3.29. The summed E-state index contributed by atoms with van der Waals surface area (Å²) in [5.41, 5.74) is 3.61. The van der Waals surface area contributed by atoms with E-state index in [0.717, 1.165) is 23.2 Å². The second kappa shape index (κ2) is 8.31. The van der Waals surface area contributed by atoms with Crippen molar-refractivity contribution in [3.05, 3.63) is 102 Å². The maximum Gasteiger partial charge on any atom is 0.257 e. The van der Waals surface area contributed by atoms with Gasteiger partial charge in [-0.05, 0) is 48.5 Å². The van der Waals surface area contributed by atoms with Crippen molar-refractivity contribution in [1.82, 2.24) is 29.2 Å². The number of rotatable bonds is 4. The number of fused-ring (bicyclic) bond motifs is 2. The number of amides is 1. The molecule has 0 aliphatic rings. The van der Waals surface area contributed by atoms with Crippen LogP contribution in [0.25, 0.3) is 33.7 Å². The van der Waals surface area contributed by atoms with Crippen LogP contribution in [-0.4, -0.2) is 35.1 Å². The Kier molecular flexibility index (Phi) is 4.95. The van der Waals surface area contributed by atoms with Gasteiger partial charge in [0.15, 0.2) is 11.5 Å². The molecule has 0 unspecified atom stereocenters. The third-order valence-electron chi connectivity index (χ3n) is 5.50. The van der Waals surface area contributed by atoms with Gasteiger partial charge >= 0.3 is 0 Å². The molecule has 0 aliphatic heterocycles. The van der Waals surface area contributed by atoms with Gasteiger partial charge in [0.2, 0.25) is 11.9 Å². The molecule has 0 radical (unpaired) electrons. The van der Waals surface area contributed by atoms with Crippen molar-refractivity contribution < 1.29 is 18.0 Å². The highest BCUT2D eigenvalue weighted by Crippen LogP contribution is 2.34. The number of pyridine rings is 2. The first-order chi connectivity index (χ1) is 17.4. The number of anilines is 1. The van der Waals surface area contributed by atoms with Gasteiger partial charge in [0, 0.05) is 29.5 Å². The number of hydrogen-bond donors (Lipinski definition) is 1. The first-order valence-electron chi connectivity index (χ1n) is 10.7. The van der Waals surface area contributed by atoms with E-state index in [-0.39, 0.29) is 17.2 Å². The Balaban J connectivity index is 1.40. The molecule has 0 bridgehead atoms. The van der Waals surface area contributed by atoms with Gasteiger partial charge in [-0.15, -0.1) is 0 Å². The summed E-state index contributed by atoms with van der Waals surface area (Å²) in [5, 5.41) is 11.8. The molecule has 0 spiro atoms. The van der Waals surface area contributed by atoms with Crippen LogP contribution in [0.4, 0.5) is 19.0 Å². The average molecular weight is 485 g/mol. The summed E-state index contributed by atoms with van der Waals surface area (Å²) in [6, 6.07) is 16.8. The van der Waals surface area contributed by atoms with Gasteiger partial charge in [-0.2, -0.15) is 24.0 Å². The lowest BCUT2D eigenvalue weighted by Gasteiger charge is -2.04. The summed E-state index contributed by atoms with van der Waals surface area (Å²) in [7, 11) is 0. The number of nitrogens with zero attached hydrogens (tertiary/aromatic N) is 6. The minimum Gasteiger partial charge on any atom is -0.305 e. The normalized spacial score (nSPS) is 11.3. The summed E-state index contributed by atoms with van der Waals surface area (Å²) in [4.78, 5) is 19.7. The monoisotopic (exact) mass is 485 g/mol. The third-order valence-corrected chi connectivity index (χ3v) is 5.50. The number of carbonyl (C=O) groups is 1. The number of hydrogen-bond acceptors (Lipinski definition) is 5. The van der Waals surface area contributed by atoms with Gasteiger partial charge in [0.1, 0.15) is 11.5 Å². The van der Waals surface area contributed by atoms with Crippen LogP contribution in [0.3, 0.4) is 0 Å². The van der Waals surface area contributed by atoms with E-state index in [1.807, 2.05) is 18.2 Å². The summed E-state index contributed by atoms with van der Waals surface area (Å²) >= 11 is 0. The van der Waals surface area contributed by atoms with Crippen molar-refractivity contribution in [3.63, 3.8) is 0 Å². The van der Waals surface area contributed by atoms with Crippen molar-refractivity contribution in [2.45, 2.75) is 0 Å². The molecule has 36 heavy (non-hydrogen) atoms. The van der Waals surface area contributed by atoms with E-state index >= 15 is 0 Å². The Labute approximate surface area is 200 Å². The van der Waals surface area contributed by atoms with Crippen molar-refractivity contribution in [2.75, 3.05) is 5.32 Å². The SMILES string of the molecule is O=C(Nc1cn2nc(-c3c(-c4ccc(F)cc4)nn4ccccc34)ccc2n1)c1cc(F)nc(F)c1. The Bertz CT molecular complexity index is 1760. The van der Waals surface area contributed by atoms with Gasteiger partial charge in [-0.3, -0.25) is 4.79 Å². The lowest BCUT2D eigenvalue weighted by Crippen LogP contribution is -2.13. The minimum atomic E-state index is -1.10. The second-order valence-corrected chi connectivity index (χ2v) is 7.86. The molecule has 8 nitrogen and oxygen atoms in total. The predicted octanol–water partition coefficient (Wildman–Crippen LogP) is 4.78. The Morgan fingerprint density at radius 1 is 0.833 bits per heavy atom. The molecule has 6 aromatic rings. The van der Waals surface area contributed by atoms with Crippen molar-refractivity contribution >= 4 is 22.9 Å². The standard InChI is InChI=1S/C25H14F3N7O/c26-16-6-4-14(5-7-16)24-23(18-3-1-2-10-34(18)33-24)17-8-9-22-30-21(13-35(22)32-17)31-25(36)15-11-19(27)29-20(28)12-15/h1-13H,(H,31,36). The smallest absolute Gasteiger partial charge is 0.257 e. The third kappa shape index (κ3) is 3.82. The zero-order valence-corrected chi connectivity index (χ0v) is 18.2. The molecule has 0 atom stereocenters. The lowest BCUT2D eigenvalue weighted by atomic mass is 10.0. The largest absolute Gasteiger partial charge is 0.305 e. The van der Waals surface area contributed by atoms with Crippen molar-refractivity contribution in [2.24, 2.45) is 0 Å². The summed E-state index contributed by atoms with van der Waals surface area (Å²) < 4.78 is 43.5. The number of nitrogens with one attached hydrogen (secondary N) is 1. The molecule has 176 valence electrons. The Morgan fingerprint density at radius 2 is 1.61 bits per heavy atom. The molecule has 0 saturated carbocycles. The molecule has 11 heteroatoms. The fourth-order valence-electron chi connectivity index (χ4n) is 3.92. The highest BCUT2D eigenvalue weighted by molar-refractivity contribution is 6.03. The quantitative estimate of drug-likeness (QED) is 0.363. The maximum absolute atomic E-state index is 13.5. The number of halogens is 3. The molecule has 0 aliphatic carbocycles. The van der Waals surface area contributed by atoms with Gasteiger partial charge < -0.3 is 5.32 Å². The zero-order valence-electron chi connectivity index (χ0n) is 18.2. The molecular weight excluding hydrogens is 471 g/mol. The molecule has 5 heterocycles. The van der Waals surface area contributed by atoms with Gasteiger partial charge in [0.05, 0.1) is 23.0 Å². The van der Waals surface area contributed by atoms with E-state index in [4.69, 9.17) is 0 Å². The van der Waals surface area contributed by atoms with E-state index in [1.165, 1.54) is 22.8 Å². The Morgan fingerprint density at radius 3 is 2.39 bits per heavy atom. The minimum absolute atomic E-state index is 0.140. The van der Waals surface area contributed by atoms with E-state index in [9.17, 15) is 18.0 Å². The molecule has 1 amide bonds. The van der Waals surface area contributed by atoms with Crippen molar-refractivity contribution in [3.8, 4) is 22.5 Å². The fourth-order valence-corrected chi connectivity index (χ4v) is 3.92. The van der Waals surface area contributed by atoms with E-state index in [2.05, 4.69) is 25.5 Å². The first kappa shape index (κ1) is 21.5. The van der Waals surface area contributed by atoms with Crippen LogP contribution in [-0.2, 0) is 0 Å². The highest BCUT2D eigenvalue weighted by atomic mass is 19.1. The Hall–Kier alpha value is -5.06. The number of benzene rings is 1. The van der Waals surface area contributed by atoms with Gasteiger partial charge in [0.25, 0.3) is 5.91 Å². The van der Waals surface area contributed by atoms with Crippen LogP contribution < -0.4 is 5.32 Å². The molecule has 1 aromatic carbocycles. The van der Waals surface area contributed by atoms with Crippen molar-refractivity contribution in [1.29, 1.82) is 0 Å². The van der Waals surface area contributed by atoms with Crippen LogP contribution in [0, 0.1) is 17.7 Å². The number of aromatic nitrogens is 6. The zero-order chi connectivity index (χ0) is 24.8. The van der Waals surface area contributed by atoms with Crippen LogP contribution in [0.5, 0.6) is 0 Å². The van der Waals surface area contributed by atoms with Gasteiger partial charge in [-0.25, -0.2) is 18.4 Å². The molecular formula is C25H14F3N7O. The van der Waals surface area contributed by atoms with E-state index < -0.39 is 17.8 Å².